The first-order valence-electron chi connectivity index (χ1n) is 6.34. The monoisotopic (exact) mass is 300 g/mol. The summed E-state index contributed by atoms with van der Waals surface area (Å²) in [4.78, 5) is 0.757. The Morgan fingerprint density at radius 3 is 2.20 bits per heavy atom. The van der Waals surface area contributed by atoms with Crippen LogP contribution in [0.1, 0.15) is 10.3 Å². The molecule has 100 valence electrons. The molecule has 2 atom stereocenters. The topological polar surface area (TPSA) is 23.1 Å². The molecule has 0 bridgehead atoms. The SMILES string of the molecule is [O-][S+](c1ccc2ccccc2c1)C(Cl)c1ccccc1. The van der Waals surface area contributed by atoms with Gasteiger partial charge >= 0.3 is 0 Å². The summed E-state index contributed by atoms with van der Waals surface area (Å²) in [5.74, 6) is 0. The molecule has 0 radical (unpaired) electrons. The van der Waals surface area contributed by atoms with Crippen LogP contribution in [0.25, 0.3) is 10.8 Å². The van der Waals surface area contributed by atoms with E-state index >= 15 is 0 Å². The van der Waals surface area contributed by atoms with Gasteiger partial charge in [0.25, 0.3) is 0 Å². The molecule has 0 aliphatic rings. The Morgan fingerprint density at radius 1 is 0.800 bits per heavy atom. The van der Waals surface area contributed by atoms with Crippen LogP contribution >= 0.6 is 11.6 Å². The van der Waals surface area contributed by atoms with Gasteiger partial charge in [-0.15, -0.1) is 0 Å². The first-order valence-corrected chi connectivity index (χ1v) is 7.99. The largest absolute Gasteiger partial charge is 0.610 e. The maximum atomic E-state index is 12.6. The van der Waals surface area contributed by atoms with E-state index in [1.165, 1.54) is 0 Å². The predicted molar refractivity (Wildman–Crippen MR) is 85.4 cm³/mol. The number of hydrogen-bond donors (Lipinski definition) is 0. The summed E-state index contributed by atoms with van der Waals surface area (Å²) < 4.78 is 12.0. The van der Waals surface area contributed by atoms with Gasteiger partial charge in [-0.25, -0.2) is 0 Å². The zero-order valence-corrected chi connectivity index (χ0v) is 12.3. The van der Waals surface area contributed by atoms with Gasteiger partial charge in [-0.2, -0.15) is 0 Å². The van der Waals surface area contributed by atoms with E-state index in [4.69, 9.17) is 11.6 Å². The van der Waals surface area contributed by atoms with Gasteiger partial charge in [-0.05, 0) is 22.9 Å². The van der Waals surface area contributed by atoms with Crippen molar-refractivity contribution in [3.05, 3.63) is 78.4 Å². The highest BCUT2D eigenvalue weighted by atomic mass is 35.5. The van der Waals surface area contributed by atoms with Crippen molar-refractivity contribution in [3.8, 4) is 0 Å². The molecule has 0 heterocycles. The van der Waals surface area contributed by atoms with Gasteiger partial charge < -0.3 is 4.55 Å². The Morgan fingerprint density at radius 2 is 1.45 bits per heavy atom. The van der Waals surface area contributed by atoms with Gasteiger partial charge in [-0.1, -0.05) is 66.2 Å². The highest BCUT2D eigenvalue weighted by molar-refractivity contribution is 7.92. The molecular weight excluding hydrogens is 288 g/mol. The van der Waals surface area contributed by atoms with Crippen molar-refractivity contribution in [2.24, 2.45) is 0 Å². The van der Waals surface area contributed by atoms with Crippen molar-refractivity contribution in [2.45, 2.75) is 9.60 Å². The van der Waals surface area contributed by atoms with E-state index in [1.807, 2.05) is 72.8 Å². The van der Waals surface area contributed by atoms with Crippen molar-refractivity contribution < 1.29 is 4.55 Å². The van der Waals surface area contributed by atoms with Gasteiger partial charge in [0.1, 0.15) is 0 Å². The van der Waals surface area contributed by atoms with Gasteiger partial charge in [0, 0.05) is 22.8 Å². The van der Waals surface area contributed by atoms with E-state index in [9.17, 15) is 4.55 Å². The zero-order valence-electron chi connectivity index (χ0n) is 10.7. The summed E-state index contributed by atoms with van der Waals surface area (Å²) in [5.41, 5.74) is 0.876. The highest BCUT2D eigenvalue weighted by Gasteiger charge is 2.24. The lowest BCUT2D eigenvalue weighted by Gasteiger charge is -2.16. The Kier molecular flexibility index (Phi) is 3.97. The first-order chi connectivity index (χ1) is 9.75. The third-order valence-corrected chi connectivity index (χ3v) is 5.31. The third-order valence-electron chi connectivity index (χ3n) is 3.20. The molecule has 3 aromatic rings. The molecule has 0 saturated heterocycles. The van der Waals surface area contributed by atoms with Gasteiger partial charge in [0.05, 0.1) is 0 Å². The number of alkyl halides is 1. The third kappa shape index (κ3) is 2.68. The zero-order chi connectivity index (χ0) is 13.9. The maximum absolute atomic E-state index is 12.6. The highest BCUT2D eigenvalue weighted by Crippen LogP contribution is 2.33. The molecule has 0 N–H and O–H groups in total. The van der Waals surface area contributed by atoms with E-state index in [0.29, 0.717) is 0 Å². The molecule has 0 amide bonds. The van der Waals surface area contributed by atoms with Crippen molar-refractivity contribution in [1.82, 2.24) is 0 Å². The smallest absolute Gasteiger partial charge is 0.219 e. The van der Waals surface area contributed by atoms with E-state index < -0.39 is 15.9 Å². The number of fused-ring (bicyclic) bond motifs is 1. The molecule has 3 heteroatoms. The van der Waals surface area contributed by atoms with Crippen LogP contribution in [0.5, 0.6) is 0 Å². The summed E-state index contributed by atoms with van der Waals surface area (Å²) in [6, 6.07) is 23.4. The number of benzene rings is 3. The van der Waals surface area contributed by atoms with E-state index in [2.05, 4.69) is 0 Å². The Hall–Kier alpha value is -1.48. The van der Waals surface area contributed by atoms with Gasteiger partial charge in [0.2, 0.25) is 4.71 Å². The lowest BCUT2D eigenvalue weighted by Crippen LogP contribution is -2.08. The summed E-state index contributed by atoms with van der Waals surface area (Å²) >= 11 is 5.07. The fourth-order valence-electron chi connectivity index (χ4n) is 2.14. The van der Waals surface area contributed by atoms with Crippen LogP contribution in [-0.2, 0) is 11.2 Å². The second-order valence-electron chi connectivity index (χ2n) is 4.53. The molecule has 0 aliphatic carbocycles. The molecular formula is C17H13ClOS. The van der Waals surface area contributed by atoms with Crippen LogP contribution in [0.15, 0.2) is 77.7 Å². The summed E-state index contributed by atoms with van der Waals surface area (Å²) in [7, 11) is 0. The van der Waals surface area contributed by atoms with E-state index in [1.54, 1.807) is 0 Å². The number of halogens is 1. The molecule has 1 nitrogen and oxygen atoms in total. The fourth-order valence-corrected chi connectivity index (χ4v) is 3.68. The minimum Gasteiger partial charge on any atom is -0.610 e. The average molecular weight is 301 g/mol. The lowest BCUT2D eigenvalue weighted by molar-refractivity contribution is 0.593. The van der Waals surface area contributed by atoms with E-state index in [0.717, 1.165) is 21.2 Å². The molecule has 0 saturated carbocycles. The van der Waals surface area contributed by atoms with Crippen molar-refractivity contribution in [3.63, 3.8) is 0 Å². The fraction of sp³-hybridized carbons (Fsp3) is 0.0588. The minimum atomic E-state index is -1.27. The molecule has 0 fully saturated rings. The lowest BCUT2D eigenvalue weighted by atomic mass is 10.1. The first kappa shape index (κ1) is 13.5. The second-order valence-corrected chi connectivity index (χ2v) is 6.77. The summed E-state index contributed by atoms with van der Waals surface area (Å²) in [6.07, 6.45) is 0. The van der Waals surface area contributed by atoms with Gasteiger partial charge in [-0.3, -0.25) is 0 Å². The number of rotatable bonds is 3. The molecule has 20 heavy (non-hydrogen) atoms. The second kappa shape index (κ2) is 5.88. The van der Waals surface area contributed by atoms with Crippen molar-refractivity contribution >= 4 is 33.5 Å². The predicted octanol–water partition coefficient (Wildman–Crippen LogP) is 4.89. The Bertz CT molecular complexity index is 714. The van der Waals surface area contributed by atoms with Crippen LogP contribution < -0.4 is 0 Å². The maximum Gasteiger partial charge on any atom is 0.219 e. The van der Waals surface area contributed by atoms with Crippen molar-refractivity contribution in [1.29, 1.82) is 0 Å². The molecule has 0 aliphatic heterocycles. The quantitative estimate of drug-likeness (QED) is 0.499. The molecule has 3 aromatic carbocycles. The minimum absolute atomic E-state index is 0.530. The molecule has 0 aromatic heterocycles. The van der Waals surface area contributed by atoms with Crippen LogP contribution in [0, 0.1) is 0 Å². The standard InChI is InChI=1S/C17H13ClOS/c18-17(14-7-2-1-3-8-14)20(19)16-11-10-13-6-4-5-9-15(13)12-16/h1-12,17H. The van der Waals surface area contributed by atoms with Gasteiger partial charge in [0.15, 0.2) is 4.90 Å². The Balaban J connectivity index is 1.94. The normalized spacial score (nSPS) is 14.1. The van der Waals surface area contributed by atoms with Crippen LogP contribution in [0.2, 0.25) is 0 Å². The molecule has 0 spiro atoms. The van der Waals surface area contributed by atoms with Crippen LogP contribution in [-0.4, -0.2) is 4.55 Å². The van der Waals surface area contributed by atoms with E-state index in [-0.39, 0.29) is 0 Å². The summed E-state index contributed by atoms with van der Waals surface area (Å²) in [6.45, 7) is 0. The molecule has 3 rings (SSSR count). The molecule has 2 unspecified atom stereocenters. The van der Waals surface area contributed by atoms with Crippen LogP contribution in [0.4, 0.5) is 0 Å². The summed E-state index contributed by atoms with van der Waals surface area (Å²) in [5, 5.41) is 2.22. The number of hydrogen-bond acceptors (Lipinski definition) is 1. The van der Waals surface area contributed by atoms with Crippen LogP contribution in [0.3, 0.4) is 0 Å². The average Bonchev–Trinajstić information content (AvgIpc) is 2.54. The Labute approximate surface area is 126 Å². The van der Waals surface area contributed by atoms with Crippen molar-refractivity contribution in [2.75, 3.05) is 0 Å².